The quantitative estimate of drug-likeness (QED) is 0.758. The van der Waals surface area contributed by atoms with Gasteiger partial charge in [0.15, 0.2) is 0 Å². The molecule has 6 nitrogen and oxygen atoms in total. The van der Waals surface area contributed by atoms with Gasteiger partial charge in [-0.3, -0.25) is 4.79 Å². The summed E-state index contributed by atoms with van der Waals surface area (Å²) >= 11 is 1.46. The molecule has 0 atom stereocenters. The van der Waals surface area contributed by atoms with Gasteiger partial charge in [-0.15, -0.1) is 21.5 Å². The predicted octanol–water partition coefficient (Wildman–Crippen LogP) is 2.50. The Labute approximate surface area is 125 Å². The van der Waals surface area contributed by atoms with Crippen LogP contribution in [-0.2, 0) is 11.2 Å². The number of carbonyl (C=O) groups is 1. The summed E-state index contributed by atoms with van der Waals surface area (Å²) in [5.41, 5.74) is 1.87. The fraction of sp³-hybridized carbons (Fsp3) is 0.143. The van der Waals surface area contributed by atoms with E-state index in [0.717, 1.165) is 16.1 Å². The van der Waals surface area contributed by atoms with Gasteiger partial charge in [0.2, 0.25) is 11.7 Å². The van der Waals surface area contributed by atoms with E-state index in [1.165, 1.54) is 11.3 Å². The van der Waals surface area contributed by atoms with Crippen LogP contribution in [0.4, 0.5) is 5.69 Å². The Morgan fingerprint density at radius 1 is 1.24 bits per heavy atom. The van der Waals surface area contributed by atoms with E-state index in [-0.39, 0.29) is 5.91 Å². The van der Waals surface area contributed by atoms with Gasteiger partial charge in [-0.2, -0.15) is 5.21 Å². The summed E-state index contributed by atoms with van der Waals surface area (Å²) in [5, 5.41) is 18.6. The number of carbonyl (C=O) groups excluding carboxylic acids is 1. The van der Waals surface area contributed by atoms with Crippen LogP contribution < -0.4 is 5.32 Å². The number of aromatic amines is 1. The largest absolute Gasteiger partial charge is 0.325 e. The number of amides is 1. The Bertz CT molecular complexity index is 708. The van der Waals surface area contributed by atoms with Crippen molar-refractivity contribution in [2.24, 2.45) is 0 Å². The number of aromatic nitrogens is 4. The lowest BCUT2D eigenvalue weighted by molar-refractivity contribution is -0.116. The zero-order valence-electron chi connectivity index (χ0n) is 11.1. The number of hydrogen-bond donors (Lipinski definition) is 2. The number of nitrogens with zero attached hydrogens (tertiary/aromatic N) is 3. The number of aryl methyl sites for hydroxylation is 1. The molecule has 2 aromatic heterocycles. The van der Waals surface area contributed by atoms with E-state index in [9.17, 15) is 4.79 Å². The maximum atomic E-state index is 12.0. The highest BCUT2D eigenvalue weighted by Gasteiger charge is 2.13. The Kier molecular flexibility index (Phi) is 4.02. The summed E-state index contributed by atoms with van der Waals surface area (Å²) in [7, 11) is 0. The number of H-pyrrole nitrogens is 1. The Balaban J connectivity index is 1.62. The van der Waals surface area contributed by atoms with Gasteiger partial charge in [0.25, 0.3) is 0 Å². The van der Waals surface area contributed by atoms with Crippen LogP contribution in [0.25, 0.3) is 10.7 Å². The second kappa shape index (κ2) is 6.27. The molecule has 0 fully saturated rings. The topological polar surface area (TPSA) is 83.6 Å². The molecule has 0 radical (unpaired) electrons. The molecule has 1 aromatic carbocycles. The van der Waals surface area contributed by atoms with Crippen LogP contribution >= 0.6 is 11.3 Å². The number of nitrogens with one attached hydrogen (secondary N) is 2. The maximum Gasteiger partial charge on any atom is 0.224 e. The van der Waals surface area contributed by atoms with Crippen molar-refractivity contribution in [3.63, 3.8) is 0 Å². The van der Waals surface area contributed by atoms with E-state index >= 15 is 0 Å². The molecule has 3 aromatic rings. The van der Waals surface area contributed by atoms with Crippen LogP contribution in [0.15, 0.2) is 41.8 Å². The summed E-state index contributed by atoms with van der Waals surface area (Å²) in [6.45, 7) is 0. The Morgan fingerprint density at radius 2 is 2.10 bits per heavy atom. The zero-order valence-corrected chi connectivity index (χ0v) is 11.9. The van der Waals surface area contributed by atoms with Crippen molar-refractivity contribution in [3.8, 4) is 10.7 Å². The van der Waals surface area contributed by atoms with Crippen molar-refractivity contribution in [3.05, 3.63) is 47.3 Å². The van der Waals surface area contributed by atoms with Crippen molar-refractivity contribution >= 4 is 22.9 Å². The average molecular weight is 299 g/mol. The van der Waals surface area contributed by atoms with Gasteiger partial charge in [-0.1, -0.05) is 30.3 Å². The highest BCUT2D eigenvalue weighted by atomic mass is 32.1. The molecule has 0 saturated carbocycles. The van der Waals surface area contributed by atoms with Gasteiger partial charge in [0.05, 0.1) is 10.6 Å². The number of thiophene rings is 1. The number of benzene rings is 1. The lowest BCUT2D eigenvalue weighted by Gasteiger charge is -2.05. The first kappa shape index (κ1) is 13.4. The summed E-state index contributed by atoms with van der Waals surface area (Å²) < 4.78 is 0. The van der Waals surface area contributed by atoms with E-state index in [2.05, 4.69) is 25.9 Å². The van der Waals surface area contributed by atoms with Gasteiger partial charge in [0.1, 0.15) is 0 Å². The van der Waals surface area contributed by atoms with Gasteiger partial charge in [-0.05, 0) is 28.6 Å². The molecular formula is C14H13N5OS. The molecule has 106 valence electrons. The maximum absolute atomic E-state index is 12.0. The minimum absolute atomic E-state index is 0.0259. The van der Waals surface area contributed by atoms with Crippen molar-refractivity contribution in [2.45, 2.75) is 12.8 Å². The highest BCUT2D eigenvalue weighted by molar-refractivity contribution is 7.14. The second-order valence-electron chi connectivity index (χ2n) is 4.43. The van der Waals surface area contributed by atoms with Crippen LogP contribution in [0.2, 0.25) is 0 Å². The van der Waals surface area contributed by atoms with Crippen molar-refractivity contribution in [1.29, 1.82) is 0 Å². The molecule has 0 unspecified atom stereocenters. The molecule has 3 rings (SSSR count). The SMILES string of the molecule is O=C(CCc1ccccc1)Nc1ccsc1-c1nn[nH]n1. The van der Waals surface area contributed by atoms with Gasteiger partial charge in [-0.25, -0.2) is 0 Å². The van der Waals surface area contributed by atoms with E-state index in [1.54, 1.807) is 0 Å². The Hall–Kier alpha value is -2.54. The molecule has 7 heteroatoms. The minimum Gasteiger partial charge on any atom is -0.325 e. The second-order valence-corrected chi connectivity index (χ2v) is 5.35. The third-order valence-electron chi connectivity index (χ3n) is 2.97. The normalized spacial score (nSPS) is 10.5. The molecule has 0 spiro atoms. The molecule has 2 N–H and O–H groups in total. The van der Waals surface area contributed by atoms with Crippen LogP contribution in [0.5, 0.6) is 0 Å². The van der Waals surface area contributed by atoms with Crippen molar-refractivity contribution < 1.29 is 4.79 Å². The first-order chi connectivity index (χ1) is 10.3. The number of hydrogen-bond acceptors (Lipinski definition) is 5. The van der Waals surface area contributed by atoms with Crippen molar-refractivity contribution in [2.75, 3.05) is 5.32 Å². The number of rotatable bonds is 5. The molecule has 0 aliphatic heterocycles. The van der Waals surface area contributed by atoms with E-state index < -0.39 is 0 Å². The molecule has 2 heterocycles. The third kappa shape index (κ3) is 3.32. The predicted molar refractivity (Wildman–Crippen MR) is 80.9 cm³/mol. The fourth-order valence-electron chi connectivity index (χ4n) is 1.95. The number of tetrazole rings is 1. The lowest BCUT2D eigenvalue weighted by atomic mass is 10.1. The smallest absolute Gasteiger partial charge is 0.224 e. The Morgan fingerprint density at radius 3 is 2.86 bits per heavy atom. The van der Waals surface area contributed by atoms with Crippen LogP contribution in [-0.4, -0.2) is 26.5 Å². The first-order valence-corrected chi connectivity index (χ1v) is 7.36. The third-order valence-corrected chi connectivity index (χ3v) is 3.88. The van der Waals surface area contributed by atoms with Gasteiger partial charge in [0, 0.05) is 6.42 Å². The number of anilines is 1. The fourth-order valence-corrected chi connectivity index (χ4v) is 2.73. The highest BCUT2D eigenvalue weighted by Crippen LogP contribution is 2.30. The summed E-state index contributed by atoms with van der Waals surface area (Å²) in [6, 6.07) is 11.8. The molecule has 0 aliphatic carbocycles. The lowest BCUT2D eigenvalue weighted by Crippen LogP contribution is -2.12. The minimum atomic E-state index is -0.0259. The first-order valence-electron chi connectivity index (χ1n) is 6.48. The molecule has 1 amide bonds. The van der Waals surface area contributed by atoms with E-state index in [4.69, 9.17) is 0 Å². The van der Waals surface area contributed by atoms with Crippen LogP contribution in [0, 0.1) is 0 Å². The molecule has 0 aliphatic rings. The average Bonchev–Trinajstić information content (AvgIpc) is 3.17. The zero-order chi connectivity index (χ0) is 14.5. The van der Waals surface area contributed by atoms with E-state index in [1.807, 2.05) is 41.8 Å². The molecule has 0 saturated heterocycles. The molecule has 21 heavy (non-hydrogen) atoms. The summed E-state index contributed by atoms with van der Waals surface area (Å²) in [6.07, 6.45) is 1.15. The summed E-state index contributed by atoms with van der Waals surface area (Å²) in [4.78, 5) is 12.8. The van der Waals surface area contributed by atoms with Crippen LogP contribution in [0.3, 0.4) is 0 Å². The van der Waals surface area contributed by atoms with Crippen LogP contribution in [0.1, 0.15) is 12.0 Å². The monoisotopic (exact) mass is 299 g/mol. The molecule has 0 bridgehead atoms. The summed E-state index contributed by atoms with van der Waals surface area (Å²) in [5.74, 6) is 0.463. The van der Waals surface area contributed by atoms with Gasteiger partial charge >= 0.3 is 0 Å². The standard InChI is InChI=1S/C14H13N5OS/c20-12(7-6-10-4-2-1-3-5-10)15-11-8-9-21-13(11)14-16-18-19-17-14/h1-5,8-9H,6-7H2,(H,15,20)(H,16,17,18,19). The van der Waals surface area contributed by atoms with E-state index in [0.29, 0.717) is 18.7 Å². The molecular weight excluding hydrogens is 286 g/mol. The van der Waals surface area contributed by atoms with Crippen molar-refractivity contribution in [1.82, 2.24) is 20.6 Å². The van der Waals surface area contributed by atoms with Gasteiger partial charge < -0.3 is 5.32 Å².